The molecule has 0 amide bonds. The highest BCUT2D eigenvalue weighted by molar-refractivity contribution is 7.20. The molecule has 8 aromatic carbocycles. The van der Waals surface area contributed by atoms with Crippen LogP contribution in [0.3, 0.4) is 0 Å². The normalized spacial score (nSPS) is 11.8. The van der Waals surface area contributed by atoms with Crippen LogP contribution in [0.5, 0.6) is 0 Å². The van der Waals surface area contributed by atoms with Crippen LogP contribution < -0.4 is 10.6 Å². The highest BCUT2D eigenvalue weighted by Crippen LogP contribution is 2.65. The Hall–Kier alpha value is -6.98. The molecule has 0 saturated carbocycles. The zero-order valence-electron chi connectivity index (χ0n) is 31.3. The van der Waals surface area contributed by atoms with Crippen molar-refractivity contribution in [3.8, 4) is 86.3 Å². The molecule has 58 heavy (non-hydrogen) atoms. The van der Waals surface area contributed by atoms with E-state index in [-0.39, 0.29) is 0 Å². The molecule has 2 heterocycles. The Morgan fingerprint density at radius 1 is 0.241 bits per heavy atom. The van der Waals surface area contributed by atoms with E-state index < -0.39 is 0 Å². The van der Waals surface area contributed by atoms with Crippen molar-refractivity contribution >= 4 is 56.2 Å². The Morgan fingerprint density at radius 2 is 0.500 bits per heavy atom. The van der Waals surface area contributed by atoms with Crippen molar-refractivity contribution in [1.82, 2.24) is 0 Å². The Labute approximate surface area is 345 Å². The number of hydrogen-bond donors (Lipinski definition) is 2. The number of fused-ring (bicyclic) bond motifs is 6. The largest absolute Gasteiger partial charge is 0.356 e. The van der Waals surface area contributed by atoms with E-state index in [1.54, 1.807) is 0 Å². The number of benzene rings is 8. The molecule has 0 radical (unpaired) electrons. The number of nitrogens with one attached hydrogen (secondary N) is 2. The summed E-state index contributed by atoms with van der Waals surface area (Å²) in [6.45, 7) is 0. The van der Waals surface area contributed by atoms with Gasteiger partial charge in [-0.3, -0.25) is 0 Å². The van der Waals surface area contributed by atoms with Crippen LogP contribution in [-0.2, 0) is 0 Å². The summed E-state index contributed by atoms with van der Waals surface area (Å²) < 4.78 is 0. The van der Waals surface area contributed by atoms with Crippen molar-refractivity contribution in [3.05, 3.63) is 194 Å². The van der Waals surface area contributed by atoms with Gasteiger partial charge < -0.3 is 10.6 Å². The lowest BCUT2D eigenvalue weighted by molar-refractivity contribution is 1.55. The Balaban J connectivity index is 1.05. The monoisotopic (exact) mass is 774 g/mol. The highest BCUT2D eigenvalue weighted by Gasteiger charge is 2.37. The number of anilines is 4. The van der Waals surface area contributed by atoms with Gasteiger partial charge in [0.05, 0.1) is 0 Å². The molecule has 0 atom stereocenters. The molecule has 12 rings (SSSR count). The van der Waals surface area contributed by atoms with E-state index in [4.69, 9.17) is 0 Å². The van der Waals surface area contributed by atoms with Crippen molar-refractivity contribution in [1.29, 1.82) is 0 Å². The summed E-state index contributed by atoms with van der Waals surface area (Å²) in [6, 6.07) is 70.3. The average molecular weight is 775 g/mol. The maximum atomic E-state index is 3.58. The zero-order chi connectivity index (χ0) is 38.2. The fraction of sp³-hybridized carbons (Fsp3) is 0. The van der Waals surface area contributed by atoms with Crippen molar-refractivity contribution in [2.75, 3.05) is 10.6 Å². The summed E-state index contributed by atoms with van der Waals surface area (Å²) in [7, 11) is 0. The Morgan fingerprint density at radius 3 is 0.810 bits per heavy atom. The minimum atomic E-state index is 1.07. The Kier molecular flexibility index (Phi) is 7.62. The van der Waals surface area contributed by atoms with E-state index in [0.717, 1.165) is 22.7 Å². The molecule has 2 aliphatic rings. The van der Waals surface area contributed by atoms with Gasteiger partial charge >= 0.3 is 0 Å². The highest BCUT2D eigenvalue weighted by atomic mass is 32.1. The molecule has 272 valence electrons. The van der Waals surface area contributed by atoms with E-state index in [2.05, 4.69) is 193 Å². The molecule has 2 nitrogen and oxygen atoms in total. The molecule has 0 saturated heterocycles. The van der Waals surface area contributed by atoms with Crippen molar-refractivity contribution in [2.24, 2.45) is 0 Å². The average Bonchev–Trinajstić information content (AvgIpc) is 4.04. The van der Waals surface area contributed by atoms with Gasteiger partial charge in [-0.05, 0) is 104 Å². The number of thiophene rings is 2. The molecule has 2 N–H and O–H groups in total. The van der Waals surface area contributed by atoms with E-state index in [9.17, 15) is 0 Å². The second-order valence-electron chi connectivity index (χ2n) is 15.0. The molecular formula is C54H34N2S2. The van der Waals surface area contributed by atoms with Crippen LogP contribution in [0.4, 0.5) is 22.7 Å². The molecule has 0 unspecified atom stereocenters. The number of rotatable bonds is 8. The minimum Gasteiger partial charge on any atom is -0.356 e. The van der Waals surface area contributed by atoms with Crippen LogP contribution in [0.1, 0.15) is 0 Å². The first-order chi connectivity index (χ1) is 28.8. The predicted molar refractivity (Wildman–Crippen MR) is 250 cm³/mol. The van der Waals surface area contributed by atoms with Crippen LogP contribution in [0.2, 0.25) is 0 Å². The lowest BCUT2D eigenvalue weighted by Gasteiger charge is -2.11. The lowest BCUT2D eigenvalue weighted by atomic mass is 9.96. The van der Waals surface area contributed by atoms with Crippen LogP contribution >= 0.6 is 22.7 Å². The summed E-state index contributed by atoms with van der Waals surface area (Å²) in [5.41, 5.74) is 20.1. The Bertz CT molecular complexity index is 2960. The van der Waals surface area contributed by atoms with Crippen molar-refractivity contribution in [2.45, 2.75) is 0 Å². The van der Waals surface area contributed by atoms with Gasteiger partial charge in [0, 0.05) is 64.5 Å². The molecule has 0 bridgehead atoms. The number of para-hydroxylation sites is 2. The maximum absolute atomic E-state index is 3.58. The second-order valence-corrected chi connectivity index (χ2v) is 17.0. The third-order valence-electron chi connectivity index (χ3n) is 11.5. The van der Waals surface area contributed by atoms with Gasteiger partial charge in [-0.15, -0.1) is 22.7 Å². The van der Waals surface area contributed by atoms with Gasteiger partial charge in [0.25, 0.3) is 0 Å². The van der Waals surface area contributed by atoms with Gasteiger partial charge in [-0.1, -0.05) is 146 Å². The van der Waals surface area contributed by atoms with E-state index >= 15 is 0 Å². The lowest BCUT2D eigenvalue weighted by Crippen LogP contribution is -1.89. The third-order valence-corrected chi connectivity index (χ3v) is 14.1. The minimum absolute atomic E-state index is 1.07. The van der Waals surface area contributed by atoms with E-state index in [0.29, 0.717) is 0 Å². The first kappa shape index (κ1) is 33.2. The molecule has 2 aliphatic carbocycles. The molecular weight excluding hydrogens is 741 g/mol. The second kappa shape index (κ2) is 13.3. The summed E-state index contributed by atoms with van der Waals surface area (Å²) in [5.74, 6) is 0. The van der Waals surface area contributed by atoms with Crippen LogP contribution in [0.15, 0.2) is 194 Å². The standard InChI is InChI=1S/C54H34N2S2/c1-5-13-33(14-6-1)51-47-41-29-31-43-46-44(32-30-42(45(41)46)48(47)52(57-51)34-15-7-2-8-16-34)50-49(43)53(35-21-25-39(26-22-35)55-37-17-9-3-10-18-37)58-54(50)36-23-27-40(28-24-36)56-38-19-11-4-12-20-38/h1-32,55-56H. The first-order valence-corrected chi connectivity index (χ1v) is 21.3. The fourth-order valence-corrected chi connectivity index (χ4v) is 11.7. The first-order valence-electron chi connectivity index (χ1n) is 19.7. The summed E-state index contributed by atoms with van der Waals surface area (Å²) in [6.07, 6.45) is 0. The molecule has 0 fully saturated rings. The summed E-state index contributed by atoms with van der Waals surface area (Å²) in [4.78, 5) is 5.28. The smallest absolute Gasteiger partial charge is 0.0434 e. The SMILES string of the molecule is c1ccc(Nc2ccc(-c3sc(-c4ccc(Nc5ccccc5)cc4)c4c3-c3ccc5c6c(ccc-4c36)-c3c(-c4ccccc4)sc(-c4ccccc4)c3-5)cc2)cc1. The summed E-state index contributed by atoms with van der Waals surface area (Å²) >= 11 is 3.83. The molecule has 0 aliphatic heterocycles. The molecule has 2 aromatic heterocycles. The van der Waals surface area contributed by atoms with E-state index in [1.165, 1.54) is 97.0 Å². The quantitative estimate of drug-likeness (QED) is 0.161. The van der Waals surface area contributed by atoms with Crippen LogP contribution in [0.25, 0.3) is 97.0 Å². The maximum Gasteiger partial charge on any atom is 0.0434 e. The van der Waals surface area contributed by atoms with Crippen LogP contribution in [-0.4, -0.2) is 0 Å². The number of hydrogen-bond acceptors (Lipinski definition) is 4. The topological polar surface area (TPSA) is 24.1 Å². The molecule has 0 spiro atoms. The fourth-order valence-electron chi connectivity index (χ4n) is 9.00. The molecule has 10 aromatic rings. The van der Waals surface area contributed by atoms with Gasteiger partial charge in [0.1, 0.15) is 0 Å². The zero-order valence-corrected chi connectivity index (χ0v) is 32.9. The molecule has 4 heteroatoms. The van der Waals surface area contributed by atoms with Crippen LogP contribution in [0, 0.1) is 0 Å². The van der Waals surface area contributed by atoms with Crippen molar-refractivity contribution < 1.29 is 0 Å². The van der Waals surface area contributed by atoms with Gasteiger partial charge in [0.15, 0.2) is 0 Å². The summed E-state index contributed by atoms with van der Waals surface area (Å²) in [5, 5.41) is 9.90. The van der Waals surface area contributed by atoms with Gasteiger partial charge in [-0.25, -0.2) is 0 Å². The third kappa shape index (κ3) is 5.23. The van der Waals surface area contributed by atoms with Crippen molar-refractivity contribution in [3.63, 3.8) is 0 Å². The van der Waals surface area contributed by atoms with Gasteiger partial charge in [-0.2, -0.15) is 0 Å². The van der Waals surface area contributed by atoms with E-state index in [1.807, 2.05) is 34.8 Å². The van der Waals surface area contributed by atoms with Gasteiger partial charge in [0.2, 0.25) is 0 Å². The predicted octanol–water partition coefficient (Wildman–Crippen LogP) is 16.4.